The lowest BCUT2D eigenvalue weighted by Gasteiger charge is -2.10. The fourth-order valence-electron chi connectivity index (χ4n) is 2.20. The maximum atomic E-state index is 5.93. The summed E-state index contributed by atoms with van der Waals surface area (Å²) < 4.78 is 12.0. The van der Waals surface area contributed by atoms with E-state index in [4.69, 9.17) is 26.8 Å². The molecule has 2 heterocycles. The van der Waals surface area contributed by atoms with Gasteiger partial charge in [-0.15, -0.1) is 11.3 Å². The van der Waals surface area contributed by atoms with Gasteiger partial charge in [-0.1, -0.05) is 11.6 Å². The van der Waals surface area contributed by atoms with Crippen LogP contribution >= 0.6 is 22.9 Å². The number of fused-ring (bicyclic) bond motifs is 1. The second kappa shape index (κ2) is 7.57. The number of thiophene rings is 1. The van der Waals surface area contributed by atoms with Gasteiger partial charge in [0.1, 0.15) is 0 Å². The minimum Gasteiger partial charge on any atom is -0.490 e. The summed E-state index contributed by atoms with van der Waals surface area (Å²) in [5.41, 5.74) is 6.75. The smallest absolute Gasteiger partial charge is 0.193 e. The number of rotatable bonds is 4. The quantitative estimate of drug-likeness (QED) is 0.653. The number of nitrogens with one attached hydrogen (secondary N) is 1. The first-order valence-corrected chi connectivity index (χ1v) is 8.61. The molecule has 5 nitrogen and oxygen atoms in total. The average molecular weight is 352 g/mol. The highest BCUT2D eigenvalue weighted by Crippen LogP contribution is 2.32. The first-order chi connectivity index (χ1) is 11.2. The Labute approximate surface area is 144 Å². The lowest BCUT2D eigenvalue weighted by atomic mass is 10.3. The highest BCUT2D eigenvalue weighted by atomic mass is 35.5. The summed E-state index contributed by atoms with van der Waals surface area (Å²) in [6.45, 7) is 1.94. The second-order valence-electron chi connectivity index (χ2n) is 5.06. The standard InChI is InChI=1S/C16H18ClN3O2S/c17-15-5-3-12(23-15)6-7-19-16(18)20-11-2-4-13-14(10-11)22-9-1-8-21-13/h2-5,10H,1,6-9H2,(H3,18,19,20). The van der Waals surface area contributed by atoms with Gasteiger partial charge < -0.3 is 20.5 Å². The van der Waals surface area contributed by atoms with Gasteiger partial charge in [-0.2, -0.15) is 0 Å². The van der Waals surface area contributed by atoms with Crippen molar-refractivity contribution in [3.05, 3.63) is 39.5 Å². The van der Waals surface area contributed by atoms with Gasteiger partial charge in [0.05, 0.1) is 17.6 Å². The van der Waals surface area contributed by atoms with Gasteiger partial charge in [-0.3, -0.25) is 4.99 Å². The van der Waals surface area contributed by atoms with E-state index in [0.29, 0.717) is 25.7 Å². The molecule has 0 saturated carbocycles. The maximum absolute atomic E-state index is 5.93. The monoisotopic (exact) mass is 351 g/mol. The number of nitrogens with zero attached hydrogens (tertiary/aromatic N) is 1. The van der Waals surface area contributed by atoms with Crippen LogP contribution in [0.4, 0.5) is 5.69 Å². The van der Waals surface area contributed by atoms with E-state index in [2.05, 4.69) is 10.3 Å². The number of anilines is 1. The molecule has 0 saturated heterocycles. The molecular formula is C16H18ClN3O2S. The van der Waals surface area contributed by atoms with Crippen LogP contribution in [0.25, 0.3) is 0 Å². The maximum Gasteiger partial charge on any atom is 0.193 e. The van der Waals surface area contributed by atoms with Crippen molar-refractivity contribution in [2.24, 2.45) is 10.7 Å². The predicted molar refractivity (Wildman–Crippen MR) is 95.2 cm³/mol. The van der Waals surface area contributed by atoms with Crippen LogP contribution in [0.3, 0.4) is 0 Å². The number of halogens is 1. The van der Waals surface area contributed by atoms with Crippen molar-refractivity contribution >= 4 is 34.6 Å². The van der Waals surface area contributed by atoms with Gasteiger partial charge in [0, 0.05) is 36.0 Å². The zero-order valence-corrected chi connectivity index (χ0v) is 14.1. The Hall–Kier alpha value is -1.92. The Morgan fingerprint density at radius 1 is 1.22 bits per heavy atom. The third-order valence-electron chi connectivity index (χ3n) is 3.29. The van der Waals surface area contributed by atoms with Crippen molar-refractivity contribution in [1.29, 1.82) is 0 Å². The molecule has 2 aromatic rings. The van der Waals surface area contributed by atoms with E-state index in [1.807, 2.05) is 30.3 Å². The van der Waals surface area contributed by atoms with E-state index in [1.165, 1.54) is 4.88 Å². The molecule has 1 aliphatic heterocycles. The second-order valence-corrected chi connectivity index (χ2v) is 6.86. The molecule has 1 aliphatic rings. The van der Waals surface area contributed by atoms with E-state index in [0.717, 1.165) is 34.4 Å². The summed E-state index contributed by atoms with van der Waals surface area (Å²) >= 11 is 7.47. The molecule has 0 fully saturated rings. The van der Waals surface area contributed by atoms with E-state index in [1.54, 1.807) is 11.3 Å². The highest BCUT2D eigenvalue weighted by Gasteiger charge is 2.10. The molecule has 0 unspecified atom stereocenters. The summed E-state index contributed by atoms with van der Waals surface area (Å²) in [5.74, 6) is 1.87. The predicted octanol–water partition coefficient (Wildman–Crippen LogP) is 3.53. The van der Waals surface area contributed by atoms with Crippen LogP contribution < -0.4 is 20.5 Å². The third kappa shape index (κ3) is 4.53. The molecule has 122 valence electrons. The summed E-state index contributed by atoms with van der Waals surface area (Å²) in [6, 6.07) is 9.56. The number of hydrogen-bond donors (Lipinski definition) is 2. The lowest BCUT2D eigenvalue weighted by Crippen LogP contribution is -2.23. The van der Waals surface area contributed by atoms with Crippen molar-refractivity contribution in [3.63, 3.8) is 0 Å². The molecule has 3 N–H and O–H groups in total. The number of nitrogens with two attached hydrogens (primary N) is 1. The summed E-state index contributed by atoms with van der Waals surface area (Å²) in [7, 11) is 0. The number of guanidine groups is 1. The molecule has 0 bridgehead atoms. The first kappa shape index (κ1) is 16.0. The molecule has 0 aliphatic carbocycles. The first-order valence-electron chi connectivity index (χ1n) is 7.41. The number of benzene rings is 1. The van der Waals surface area contributed by atoms with Crippen molar-refractivity contribution in [3.8, 4) is 11.5 Å². The van der Waals surface area contributed by atoms with Crippen LogP contribution in [0.15, 0.2) is 35.3 Å². The normalized spacial score (nSPS) is 14.4. The Balaban J connectivity index is 1.57. The Morgan fingerprint density at radius 2 is 2.04 bits per heavy atom. The van der Waals surface area contributed by atoms with Crippen LogP contribution in [0.2, 0.25) is 4.34 Å². The number of hydrogen-bond acceptors (Lipinski definition) is 4. The zero-order chi connectivity index (χ0) is 16.1. The molecule has 1 aromatic heterocycles. The molecule has 23 heavy (non-hydrogen) atoms. The Bertz CT molecular complexity index is 702. The van der Waals surface area contributed by atoms with Crippen molar-refractivity contribution in [1.82, 2.24) is 0 Å². The molecule has 0 radical (unpaired) electrons. The van der Waals surface area contributed by atoms with Crippen molar-refractivity contribution < 1.29 is 9.47 Å². The summed E-state index contributed by atoms with van der Waals surface area (Å²) in [6.07, 6.45) is 1.70. The number of aliphatic imine (C=N–C) groups is 1. The Morgan fingerprint density at radius 3 is 2.83 bits per heavy atom. The largest absolute Gasteiger partial charge is 0.490 e. The van der Waals surface area contributed by atoms with Gasteiger partial charge in [0.15, 0.2) is 17.5 Å². The SMILES string of the molecule is NC(=NCCc1ccc(Cl)s1)Nc1ccc2c(c1)OCCCO2. The minimum atomic E-state index is 0.377. The highest BCUT2D eigenvalue weighted by molar-refractivity contribution is 7.16. The zero-order valence-electron chi connectivity index (χ0n) is 12.5. The van der Waals surface area contributed by atoms with Gasteiger partial charge in [0.25, 0.3) is 0 Å². The van der Waals surface area contributed by atoms with Gasteiger partial charge in [-0.05, 0) is 24.3 Å². The molecule has 7 heteroatoms. The molecule has 3 rings (SSSR count). The molecule has 0 atom stereocenters. The molecule has 0 spiro atoms. The van der Waals surface area contributed by atoms with E-state index in [-0.39, 0.29) is 0 Å². The molecule has 1 aromatic carbocycles. The van der Waals surface area contributed by atoms with Crippen LogP contribution in [-0.2, 0) is 6.42 Å². The average Bonchev–Trinajstić information content (AvgIpc) is 2.81. The van der Waals surface area contributed by atoms with Gasteiger partial charge >= 0.3 is 0 Å². The lowest BCUT2D eigenvalue weighted by molar-refractivity contribution is 0.297. The fourth-order valence-corrected chi connectivity index (χ4v) is 3.28. The Kier molecular flexibility index (Phi) is 5.25. The number of ether oxygens (including phenoxy) is 2. The minimum absolute atomic E-state index is 0.377. The van der Waals surface area contributed by atoms with Gasteiger partial charge in [0.2, 0.25) is 0 Å². The van der Waals surface area contributed by atoms with Crippen LogP contribution in [-0.4, -0.2) is 25.7 Å². The fraction of sp³-hybridized carbons (Fsp3) is 0.312. The summed E-state index contributed by atoms with van der Waals surface area (Å²) in [5, 5.41) is 3.07. The van der Waals surface area contributed by atoms with Crippen LogP contribution in [0, 0.1) is 0 Å². The topological polar surface area (TPSA) is 68.9 Å². The van der Waals surface area contributed by atoms with Gasteiger partial charge in [-0.25, -0.2) is 0 Å². The molecule has 0 amide bonds. The van der Waals surface area contributed by atoms with Crippen LogP contribution in [0.5, 0.6) is 11.5 Å². The molecular weight excluding hydrogens is 334 g/mol. The van der Waals surface area contributed by atoms with Crippen molar-refractivity contribution in [2.45, 2.75) is 12.8 Å². The summed E-state index contributed by atoms with van der Waals surface area (Å²) in [4.78, 5) is 5.53. The third-order valence-corrected chi connectivity index (χ3v) is 4.58. The van der Waals surface area contributed by atoms with Crippen LogP contribution in [0.1, 0.15) is 11.3 Å². The van der Waals surface area contributed by atoms with E-state index in [9.17, 15) is 0 Å². The van der Waals surface area contributed by atoms with Crippen molar-refractivity contribution in [2.75, 3.05) is 25.1 Å². The van der Waals surface area contributed by atoms with E-state index >= 15 is 0 Å². The van der Waals surface area contributed by atoms with E-state index < -0.39 is 0 Å².